The molecular weight excluding hydrogens is 268 g/mol. The van der Waals surface area contributed by atoms with Crippen LogP contribution in [-0.2, 0) is 6.42 Å². The number of aliphatic hydroxyl groups excluding tert-OH is 1. The van der Waals surface area contributed by atoms with E-state index in [1.807, 2.05) is 30.3 Å². The van der Waals surface area contributed by atoms with Gasteiger partial charge >= 0.3 is 0 Å². The zero-order valence-electron chi connectivity index (χ0n) is 11.8. The summed E-state index contributed by atoms with van der Waals surface area (Å²) in [7, 11) is 0. The summed E-state index contributed by atoms with van der Waals surface area (Å²) in [6.45, 7) is 1.69. The van der Waals surface area contributed by atoms with Crippen LogP contribution in [0.2, 0.25) is 0 Å². The van der Waals surface area contributed by atoms with Crippen molar-refractivity contribution >= 4 is 11.4 Å². The number of benzene rings is 2. The number of anilines is 1. The monoisotopic (exact) mass is 286 g/mol. The highest BCUT2D eigenvalue weighted by atomic mass is 16.6. The molecule has 0 fully saturated rings. The molecule has 0 radical (unpaired) electrons. The second-order valence-corrected chi connectivity index (χ2v) is 4.97. The van der Waals surface area contributed by atoms with E-state index < -0.39 is 4.92 Å². The third-order valence-corrected chi connectivity index (χ3v) is 3.31. The average Bonchev–Trinajstić information content (AvgIpc) is 2.47. The Labute approximate surface area is 123 Å². The molecule has 5 heteroatoms. The summed E-state index contributed by atoms with van der Waals surface area (Å²) in [4.78, 5) is 10.4. The summed E-state index contributed by atoms with van der Waals surface area (Å²) in [6, 6.07) is 14.6. The number of nitrogens with zero attached hydrogens (tertiary/aromatic N) is 1. The van der Waals surface area contributed by atoms with E-state index >= 15 is 0 Å². The molecule has 0 saturated heterocycles. The molecule has 0 saturated carbocycles. The Morgan fingerprint density at radius 2 is 1.95 bits per heavy atom. The Balaban J connectivity index is 2.08. The second-order valence-electron chi connectivity index (χ2n) is 4.97. The van der Waals surface area contributed by atoms with Crippen LogP contribution in [-0.4, -0.2) is 22.7 Å². The van der Waals surface area contributed by atoms with Crippen LogP contribution in [0.1, 0.15) is 11.1 Å². The fourth-order valence-electron chi connectivity index (χ4n) is 2.25. The largest absolute Gasteiger partial charge is 0.394 e. The van der Waals surface area contributed by atoms with Crippen molar-refractivity contribution in [3.8, 4) is 0 Å². The number of rotatable bonds is 6. The van der Waals surface area contributed by atoms with Gasteiger partial charge in [0.1, 0.15) is 0 Å². The Bertz CT molecular complexity index is 614. The van der Waals surface area contributed by atoms with Crippen molar-refractivity contribution in [1.29, 1.82) is 0 Å². The smallest absolute Gasteiger partial charge is 0.272 e. The first kappa shape index (κ1) is 15.0. The maximum atomic E-state index is 10.8. The maximum absolute atomic E-state index is 10.8. The van der Waals surface area contributed by atoms with E-state index in [4.69, 9.17) is 0 Å². The lowest BCUT2D eigenvalue weighted by Gasteiger charge is -2.18. The molecule has 2 aromatic rings. The number of aliphatic hydroxyl groups is 1. The van der Waals surface area contributed by atoms with Gasteiger partial charge in [-0.2, -0.15) is 0 Å². The summed E-state index contributed by atoms with van der Waals surface area (Å²) < 4.78 is 0. The fourth-order valence-corrected chi connectivity index (χ4v) is 2.25. The zero-order chi connectivity index (χ0) is 15.2. The van der Waals surface area contributed by atoms with Crippen molar-refractivity contribution in [3.05, 3.63) is 69.8 Å². The molecule has 110 valence electrons. The molecule has 0 aliphatic rings. The van der Waals surface area contributed by atoms with Gasteiger partial charge < -0.3 is 10.4 Å². The summed E-state index contributed by atoms with van der Waals surface area (Å²) in [6.07, 6.45) is 0.688. The van der Waals surface area contributed by atoms with Crippen molar-refractivity contribution < 1.29 is 10.0 Å². The minimum Gasteiger partial charge on any atom is -0.394 e. The van der Waals surface area contributed by atoms with Crippen molar-refractivity contribution in [2.75, 3.05) is 11.9 Å². The lowest BCUT2D eigenvalue weighted by atomic mass is 10.1. The van der Waals surface area contributed by atoms with Gasteiger partial charge in [-0.3, -0.25) is 10.1 Å². The van der Waals surface area contributed by atoms with Crippen LogP contribution in [0, 0.1) is 17.0 Å². The number of nitrogens with one attached hydrogen (secondary N) is 1. The summed E-state index contributed by atoms with van der Waals surface area (Å²) >= 11 is 0. The van der Waals surface area contributed by atoms with E-state index in [9.17, 15) is 15.2 Å². The third kappa shape index (κ3) is 4.03. The minimum atomic E-state index is -0.396. The third-order valence-electron chi connectivity index (χ3n) is 3.31. The molecule has 5 nitrogen and oxygen atoms in total. The number of nitro groups is 1. The molecule has 0 unspecified atom stereocenters. The van der Waals surface area contributed by atoms with E-state index in [2.05, 4.69) is 5.32 Å². The first-order chi connectivity index (χ1) is 10.1. The first-order valence-corrected chi connectivity index (χ1v) is 6.76. The molecule has 0 heterocycles. The summed E-state index contributed by atoms with van der Waals surface area (Å²) in [5.74, 6) is 0. The lowest BCUT2D eigenvalue weighted by Crippen LogP contribution is -2.26. The van der Waals surface area contributed by atoms with Crippen LogP contribution >= 0.6 is 0 Å². The van der Waals surface area contributed by atoms with Crippen molar-refractivity contribution in [1.82, 2.24) is 0 Å². The molecule has 2 rings (SSSR count). The second kappa shape index (κ2) is 6.85. The number of hydrogen-bond acceptors (Lipinski definition) is 4. The molecule has 2 N–H and O–H groups in total. The van der Waals surface area contributed by atoms with E-state index in [1.165, 1.54) is 6.07 Å². The Morgan fingerprint density at radius 1 is 1.24 bits per heavy atom. The Morgan fingerprint density at radius 3 is 2.52 bits per heavy atom. The average molecular weight is 286 g/mol. The lowest BCUT2D eigenvalue weighted by molar-refractivity contribution is -0.385. The molecule has 0 aliphatic carbocycles. The van der Waals surface area contributed by atoms with Gasteiger partial charge in [0.15, 0.2) is 0 Å². The quantitative estimate of drug-likeness (QED) is 0.632. The molecule has 1 atom stereocenters. The van der Waals surface area contributed by atoms with Gasteiger partial charge in [-0.1, -0.05) is 30.3 Å². The highest BCUT2D eigenvalue weighted by molar-refractivity contribution is 5.54. The van der Waals surface area contributed by atoms with E-state index in [0.29, 0.717) is 12.0 Å². The number of hydrogen-bond donors (Lipinski definition) is 2. The topological polar surface area (TPSA) is 75.4 Å². The Hall–Kier alpha value is -2.40. The van der Waals surface area contributed by atoms with Gasteiger partial charge in [0.05, 0.1) is 17.6 Å². The van der Waals surface area contributed by atoms with Crippen LogP contribution < -0.4 is 5.32 Å². The van der Waals surface area contributed by atoms with Crippen molar-refractivity contribution in [3.63, 3.8) is 0 Å². The predicted octanol–water partition coefficient (Wildman–Crippen LogP) is 2.92. The normalized spacial score (nSPS) is 11.9. The van der Waals surface area contributed by atoms with Crippen LogP contribution in [0.25, 0.3) is 0 Å². The summed E-state index contributed by atoms with van der Waals surface area (Å²) in [5, 5.41) is 23.5. The molecule has 2 aromatic carbocycles. The van der Waals surface area contributed by atoms with Gasteiger partial charge in [0.2, 0.25) is 0 Å². The molecule has 0 aliphatic heterocycles. The van der Waals surface area contributed by atoms with Crippen molar-refractivity contribution in [2.45, 2.75) is 19.4 Å². The molecule has 0 aromatic heterocycles. The van der Waals surface area contributed by atoms with Gasteiger partial charge in [-0.05, 0) is 31.0 Å². The van der Waals surface area contributed by atoms with Crippen molar-refractivity contribution in [2.24, 2.45) is 0 Å². The van der Waals surface area contributed by atoms with Crippen LogP contribution in [0.4, 0.5) is 11.4 Å². The maximum Gasteiger partial charge on any atom is 0.272 e. The van der Waals surface area contributed by atoms with Gasteiger partial charge in [0.25, 0.3) is 5.69 Å². The molecule has 0 amide bonds. The fraction of sp³-hybridized carbons (Fsp3) is 0.250. The van der Waals surface area contributed by atoms with Crippen LogP contribution in [0.3, 0.4) is 0 Å². The highest BCUT2D eigenvalue weighted by Gasteiger charge is 2.13. The van der Waals surface area contributed by atoms with E-state index in [-0.39, 0.29) is 18.3 Å². The standard InChI is InChI=1S/C16H18N2O3/c1-12-9-14(7-8-16(12)18(20)21)17-15(11-19)10-13-5-3-2-4-6-13/h2-9,15,17,19H,10-11H2,1H3/t15-/m0/s1. The van der Waals surface area contributed by atoms with Gasteiger partial charge in [-0.15, -0.1) is 0 Å². The molecule has 0 spiro atoms. The van der Waals surface area contributed by atoms with Gasteiger partial charge in [-0.25, -0.2) is 0 Å². The molecule has 21 heavy (non-hydrogen) atoms. The number of aryl methyl sites for hydroxylation is 1. The summed E-state index contributed by atoms with van der Waals surface area (Å²) in [5.41, 5.74) is 2.60. The molecule has 0 bridgehead atoms. The van der Waals surface area contributed by atoms with E-state index in [1.54, 1.807) is 19.1 Å². The van der Waals surface area contributed by atoms with E-state index in [0.717, 1.165) is 11.3 Å². The minimum absolute atomic E-state index is 0.00900. The zero-order valence-corrected chi connectivity index (χ0v) is 11.8. The Kier molecular flexibility index (Phi) is 4.90. The first-order valence-electron chi connectivity index (χ1n) is 6.76. The van der Waals surface area contributed by atoms with Crippen LogP contribution in [0.15, 0.2) is 48.5 Å². The van der Waals surface area contributed by atoms with Gasteiger partial charge in [0, 0.05) is 17.3 Å². The SMILES string of the molecule is Cc1cc(N[C@H](CO)Cc2ccccc2)ccc1[N+](=O)[O-]. The molecular formula is C16H18N2O3. The number of nitro benzene ring substituents is 1. The van der Waals surface area contributed by atoms with Crippen LogP contribution in [0.5, 0.6) is 0 Å². The predicted molar refractivity (Wildman–Crippen MR) is 82.5 cm³/mol. The highest BCUT2D eigenvalue weighted by Crippen LogP contribution is 2.22.